The van der Waals surface area contributed by atoms with Crippen molar-refractivity contribution in [1.29, 1.82) is 0 Å². The molecule has 8 nitrogen and oxygen atoms in total. The van der Waals surface area contributed by atoms with Gasteiger partial charge in [-0.1, -0.05) is 25.1 Å². The summed E-state index contributed by atoms with van der Waals surface area (Å²) >= 11 is 0. The molecule has 3 rings (SSSR count). The van der Waals surface area contributed by atoms with Gasteiger partial charge in [-0.15, -0.1) is 0 Å². The van der Waals surface area contributed by atoms with E-state index in [0.29, 0.717) is 17.7 Å². The summed E-state index contributed by atoms with van der Waals surface area (Å²) in [6.07, 6.45) is 3.78. The summed E-state index contributed by atoms with van der Waals surface area (Å²) in [5.74, 6) is -2.17. The van der Waals surface area contributed by atoms with Crippen LogP contribution in [0, 0.1) is 0 Å². The summed E-state index contributed by atoms with van der Waals surface area (Å²) in [4.78, 5) is 35.5. The van der Waals surface area contributed by atoms with Crippen LogP contribution in [0.25, 0.3) is 5.69 Å². The van der Waals surface area contributed by atoms with E-state index in [9.17, 15) is 14.4 Å². The molecule has 1 aliphatic rings. The van der Waals surface area contributed by atoms with Crippen molar-refractivity contribution in [2.75, 3.05) is 0 Å². The number of nitrogens with one attached hydrogen (secondary N) is 3. The summed E-state index contributed by atoms with van der Waals surface area (Å²) in [7, 11) is 0. The Balaban J connectivity index is 1.66. The van der Waals surface area contributed by atoms with Crippen molar-refractivity contribution in [2.24, 2.45) is 0 Å². The Hall–Kier alpha value is -3.16. The van der Waals surface area contributed by atoms with E-state index < -0.39 is 17.7 Å². The van der Waals surface area contributed by atoms with Crippen LogP contribution in [0.3, 0.4) is 0 Å². The molecule has 0 radical (unpaired) electrons. The Bertz CT molecular complexity index is 796. The Morgan fingerprint density at radius 2 is 1.84 bits per heavy atom. The maximum atomic E-state index is 12.3. The van der Waals surface area contributed by atoms with Gasteiger partial charge in [-0.25, -0.2) is 4.68 Å². The lowest BCUT2D eigenvalue weighted by Crippen LogP contribution is -2.49. The maximum Gasteiger partial charge on any atom is 0.327 e. The van der Waals surface area contributed by atoms with E-state index in [2.05, 4.69) is 21.3 Å². The summed E-state index contributed by atoms with van der Waals surface area (Å²) in [6.45, 7) is 1.91. The molecule has 2 aromatic rings. The average molecular weight is 341 g/mol. The molecule has 8 heteroatoms. The molecule has 3 amide bonds. The molecule has 0 aliphatic heterocycles. The Morgan fingerprint density at radius 1 is 1.12 bits per heavy atom. The first kappa shape index (κ1) is 16.7. The van der Waals surface area contributed by atoms with Gasteiger partial charge >= 0.3 is 11.8 Å². The fourth-order valence-electron chi connectivity index (χ4n) is 2.41. The monoisotopic (exact) mass is 341 g/mol. The fraction of sp³-hybridized carbons (Fsp3) is 0.294. The van der Waals surface area contributed by atoms with Crippen molar-refractivity contribution in [3.8, 4) is 5.69 Å². The minimum absolute atomic E-state index is 0.0738. The standard InChI is InChI=1S/C17H19N5O3/c1-2-14-13(10-18-22(14)12-6-4-3-5-7-12)15(23)20-21-17(25)16(24)19-11-8-9-11/h3-7,10-11H,2,8-9H2,1H3,(H,19,24)(H,20,23)(H,21,25). The van der Waals surface area contributed by atoms with E-state index >= 15 is 0 Å². The number of hydrogen-bond donors (Lipinski definition) is 3. The summed E-state index contributed by atoms with van der Waals surface area (Å²) in [5, 5.41) is 6.80. The van der Waals surface area contributed by atoms with E-state index in [1.807, 2.05) is 37.3 Å². The number of benzene rings is 1. The topological polar surface area (TPSA) is 105 Å². The molecule has 25 heavy (non-hydrogen) atoms. The number of aromatic nitrogens is 2. The van der Waals surface area contributed by atoms with Gasteiger partial charge in [0.25, 0.3) is 5.91 Å². The van der Waals surface area contributed by atoms with Crippen molar-refractivity contribution in [3.63, 3.8) is 0 Å². The molecule has 0 spiro atoms. The minimum atomic E-state index is -0.895. The number of carbonyl (C=O) groups excluding carboxylic acids is 3. The van der Waals surface area contributed by atoms with E-state index in [-0.39, 0.29) is 6.04 Å². The molecular formula is C17H19N5O3. The van der Waals surface area contributed by atoms with Gasteiger partial charge in [0.1, 0.15) is 0 Å². The highest BCUT2D eigenvalue weighted by molar-refractivity contribution is 6.35. The second-order valence-electron chi connectivity index (χ2n) is 5.76. The smallest absolute Gasteiger partial charge is 0.327 e. The molecule has 0 saturated heterocycles. The molecular weight excluding hydrogens is 322 g/mol. The first-order chi connectivity index (χ1) is 12.1. The predicted octanol–water partition coefficient (Wildman–Crippen LogP) is 0.474. The maximum absolute atomic E-state index is 12.3. The first-order valence-corrected chi connectivity index (χ1v) is 8.13. The zero-order chi connectivity index (χ0) is 17.8. The quantitative estimate of drug-likeness (QED) is 0.555. The normalized spacial score (nSPS) is 13.2. The summed E-state index contributed by atoms with van der Waals surface area (Å²) in [5.41, 5.74) is 6.28. The van der Waals surface area contributed by atoms with Gasteiger partial charge in [0.05, 0.1) is 23.1 Å². The third-order valence-electron chi connectivity index (χ3n) is 3.86. The molecule has 1 aromatic heterocycles. The largest absolute Gasteiger partial charge is 0.345 e. The van der Waals surface area contributed by atoms with Crippen LogP contribution in [0.5, 0.6) is 0 Å². The van der Waals surface area contributed by atoms with E-state index in [0.717, 1.165) is 18.5 Å². The van der Waals surface area contributed by atoms with Crippen LogP contribution in [0.4, 0.5) is 0 Å². The zero-order valence-electron chi connectivity index (χ0n) is 13.8. The molecule has 130 valence electrons. The Kier molecular flexibility index (Phi) is 4.78. The predicted molar refractivity (Wildman–Crippen MR) is 89.7 cm³/mol. The highest BCUT2D eigenvalue weighted by Gasteiger charge is 2.26. The number of nitrogens with zero attached hydrogens (tertiary/aromatic N) is 2. The first-order valence-electron chi connectivity index (χ1n) is 8.13. The number of hydrazine groups is 1. The molecule has 0 atom stereocenters. The summed E-state index contributed by atoms with van der Waals surface area (Å²) in [6, 6.07) is 9.51. The third-order valence-corrected chi connectivity index (χ3v) is 3.86. The molecule has 1 heterocycles. The van der Waals surface area contributed by atoms with Crippen LogP contribution in [0.2, 0.25) is 0 Å². The number of para-hydroxylation sites is 1. The lowest BCUT2D eigenvalue weighted by molar-refractivity contribution is -0.139. The number of amides is 3. The van der Waals surface area contributed by atoms with Crippen molar-refractivity contribution in [2.45, 2.75) is 32.2 Å². The van der Waals surface area contributed by atoms with Gasteiger partial charge in [-0.05, 0) is 31.4 Å². The minimum Gasteiger partial charge on any atom is -0.345 e. The van der Waals surface area contributed by atoms with Gasteiger partial charge in [-0.2, -0.15) is 5.10 Å². The molecule has 1 aromatic carbocycles. The van der Waals surface area contributed by atoms with Crippen LogP contribution >= 0.6 is 0 Å². The number of hydrogen-bond acceptors (Lipinski definition) is 4. The number of carbonyl (C=O) groups is 3. The lowest BCUT2D eigenvalue weighted by Gasteiger charge is -2.09. The van der Waals surface area contributed by atoms with Gasteiger partial charge in [-0.3, -0.25) is 25.2 Å². The number of rotatable bonds is 4. The molecule has 3 N–H and O–H groups in total. The highest BCUT2D eigenvalue weighted by Crippen LogP contribution is 2.18. The molecule has 0 bridgehead atoms. The molecule has 1 saturated carbocycles. The van der Waals surface area contributed by atoms with Crippen LogP contribution in [0.15, 0.2) is 36.5 Å². The highest BCUT2D eigenvalue weighted by atomic mass is 16.2. The van der Waals surface area contributed by atoms with E-state index in [4.69, 9.17) is 0 Å². The molecule has 1 aliphatic carbocycles. The fourth-order valence-corrected chi connectivity index (χ4v) is 2.41. The average Bonchev–Trinajstić information content (AvgIpc) is 3.34. The van der Waals surface area contributed by atoms with Crippen molar-refractivity contribution >= 4 is 17.7 Å². The van der Waals surface area contributed by atoms with Crippen molar-refractivity contribution in [3.05, 3.63) is 47.8 Å². The van der Waals surface area contributed by atoms with Crippen LogP contribution in [-0.2, 0) is 16.0 Å². The van der Waals surface area contributed by atoms with Gasteiger partial charge in [0.15, 0.2) is 0 Å². The van der Waals surface area contributed by atoms with Gasteiger partial charge < -0.3 is 5.32 Å². The SMILES string of the molecule is CCc1c(C(=O)NNC(=O)C(=O)NC2CC2)cnn1-c1ccccc1. The summed E-state index contributed by atoms with van der Waals surface area (Å²) < 4.78 is 1.68. The Labute approximate surface area is 144 Å². The second kappa shape index (κ2) is 7.16. The lowest BCUT2D eigenvalue weighted by atomic mass is 10.2. The van der Waals surface area contributed by atoms with E-state index in [1.165, 1.54) is 6.20 Å². The van der Waals surface area contributed by atoms with Crippen LogP contribution in [-0.4, -0.2) is 33.5 Å². The van der Waals surface area contributed by atoms with Gasteiger partial charge in [0, 0.05) is 6.04 Å². The third kappa shape index (κ3) is 3.85. The van der Waals surface area contributed by atoms with Gasteiger partial charge in [0.2, 0.25) is 0 Å². The van der Waals surface area contributed by atoms with Crippen LogP contribution < -0.4 is 16.2 Å². The molecule has 1 fully saturated rings. The zero-order valence-corrected chi connectivity index (χ0v) is 13.8. The van der Waals surface area contributed by atoms with Crippen LogP contribution in [0.1, 0.15) is 35.8 Å². The van der Waals surface area contributed by atoms with Crippen molar-refractivity contribution < 1.29 is 14.4 Å². The Morgan fingerprint density at radius 3 is 2.48 bits per heavy atom. The van der Waals surface area contributed by atoms with E-state index in [1.54, 1.807) is 4.68 Å². The second-order valence-corrected chi connectivity index (χ2v) is 5.76. The van der Waals surface area contributed by atoms with Crippen molar-refractivity contribution in [1.82, 2.24) is 25.9 Å². The molecule has 0 unspecified atom stereocenters.